The summed E-state index contributed by atoms with van der Waals surface area (Å²) in [5.74, 6) is 1.10. The Bertz CT molecular complexity index is 1050. The van der Waals surface area contributed by atoms with Gasteiger partial charge in [0.2, 0.25) is 5.91 Å². The Balaban J connectivity index is 1.62. The molecule has 1 aromatic carbocycles. The second-order valence-electron chi connectivity index (χ2n) is 6.24. The molecule has 0 saturated heterocycles. The maximum atomic E-state index is 12.2. The molecule has 1 amide bonds. The number of H-pyrrole nitrogens is 1. The van der Waals surface area contributed by atoms with Gasteiger partial charge in [-0.3, -0.25) is 9.59 Å². The van der Waals surface area contributed by atoms with Gasteiger partial charge in [0.1, 0.15) is 16.4 Å². The molecule has 3 N–H and O–H groups in total. The first-order valence-corrected chi connectivity index (χ1v) is 10.6. The van der Waals surface area contributed by atoms with Crippen LogP contribution in [0.25, 0.3) is 10.2 Å². The van der Waals surface area contributed by atoms with E-state index in [1.165, 1.54) is 41.3 Å². The molecule has 0 unspecified atom stereocenters. The van der Waals surface area contributed by atoms with Crippen molar-refractivity contribution in [2.24, 2.45) is 0 Å². The first-order valence-electron chi connectivity index (χ1n) is 8.22. The number of hydrogen-bond acceptors (Lipinski definition) is 6. The van der Waals surface area contributed by atoms with Gasteiger partial charge in [-0.15, -0.1) is 23.1 Å². The average molecular weight is 424 g/mol. The second-order valence-corrected chi connectivity index (χ2v) is 8.72. The maximum absolute atomic E-state index is 12.2. The summed E-state index contributed by atoms with van der Waals surface area (Å²) in [6.07, 6.45) is 0. The van der Waals surface area contributed by atoms with E-state index in [4.69, 9.17) is 11.6 Å². The Kier molecular flexibility index (Phi) is 6.08. The molecule has 0 saturated carbocycles. The highest BCUT2D eigenvalue weighted by atomic mass is 35.5. The van der Waals surface area contributed by atoms with Crippen molar-refractivity contribution in [1.29, 1.82) is 0 Å². The molecule has 0 radical (unpaired) electrons. The zero-order valence-electron chi connectivity index (χ0n) is 14.7. The third kappa shape index (κ3) is 4.82. The van der Waals surface area contributed by atoms with Crippen LogP contribution in [-0.4, -0.2) is 26.7 Å². The third-order valence-corrected chi connectivity index (χ3v) is 6.25. The largest absolute Gasteiger partial charge is 0.506 e. The second kappa shape index (κ2) is 8.33. The van der Waals surface area contributed by atoms with E-state index in [1.54, 1.807) is 0 Å². The molecule has 2 aromatic heterocycles. The van der Waals surface area contributed by atoms with Crippen molar-refractivity contribution in [3.8, 4) is 5.75 Å². The molecule has 142 valence electrons. The number of amides is 1. The summed E-state index contributed by atoms with van der Waals surface area (Å²) in [6, 6.07) is 6.32. The highest BCUT2D eigenvalue weighted by molar-refractivity contribution is 7.99. The van der Waals surface area contributed by atoms with Crippen molar-refractivity contribution in [3.63, 3.8) is 0 Å². The van der Waals surface area contributed by atoms with Gasteiger partial charge in [-0.05, 0) is 30.2 Å². The molecule has 0 spiro atoms. The zero-order valence-corrected chi connectivity index (χ0v) is 17.1. The van der Waals surface area contributed by atoms with Crippen LogP contribution in [0, 0.1) is 0 Å². The monoisotopic (exact) mass is 423 g/mol. The lowest BCUT2D eigenvalue weighted by Crippen LogP contribution is -2.15. The Morgan fingerprint density at radius 2 is 2.19 bits per heavy atom. The lowest BCUT2D eigenvalue weighted by molar-refractivity contribution is -0.113. The molecule has 2 heterocycles. The minimum absolute atomic E-state index is 0.0483. The number of thioether (sulfide) groups is 1. The number of aromatic nitrogens is 2. The molecule has 0 fully saturated rings. The number of carbonyl (C=O) groups is 1. The number of hydrogen-bond donors (Lipinski definition) is 3. The summed E-state index contributed by atoms with van der Waals surface area (Å²) in [6.45, 7) is 4.15. The van der Waals surface area contributed by atoms with Crippen LogP contribution in [0.1, 0.15) is 30.5 Å². The quantitative estimate of drug-likeness (QED) is 0.512. The minimum atomic E-state index is -0.279. The molecular formula is C18H18ClN3O3S2. The molecule has 0 atom stereocenters. The normalized spacial score (nSPS) is 11.3. The van der Waals surface area contributed by atoms with E-state index in [1.807, 2.05) is 6.07 Å². The van der Waals surface area contributed by atoms with Crippen molar-refractivity contribution in [1.82, 2.24) is 9.97 Å². The Labute approximate surface area is 169 Å². The first kappa shape index (κ1) is 19.7. The summed E-state index contributed by atoms with van der Waals surface area (Å²) in [4.78, 5) is 33.4. The average Bonchev–Trinajstić information content (AvgIpc) is 3.03. The summed E-state index contributed by atoms with van der Waals surface area (Å²) < 4.78 is 0. The number of nitrogens with one attached hydrogen (secondary N) is 2. The van der Waals surface area contributed by atoms with Crippen LogP contribution in [0.2, 0.25) is 5.02 Å². The van der Waals surface area contributed by atoms with Crippen molar-refractivity contribution in [2.45, 2.75) is 25.5 Å². The van der Waals surface area contributed by atoms with Crippen LogP contribution in [0.3, 0.4) is 0 Å². The van der Waals surface area contributed by atoms with Crippen LogP contribution in [0.4, 0.5) is 5.69 Å². The van der Waals surface area contributed by atoms with E-state index in [2.05, 4.69) is 29.1 Å². The van der Waals surface area contributed by atoms with E-state index >= 15 is 0 Å². The fourth-order valence-electron chi connectivity index (χ4n) is 2.38. The molecule has 0 aliphatic heterocycles. The Morgan fingerprint density at radius 3 is 2.93 bits per heavy atom. The first-order chi connectivity index (χ1) is 12.8. The van der Waals surface area contributed by atoms with Crippen molar-refractivity contribution in [2.75, 3.05) is 11.1 Å². The minimum Gasteiger partial charge on any atom is -0.506 e. The van der Waals surface area contributed by atoms with E-state index < -0.39 is 0 Å². The van der Waals surface area contributed by atoms with Gasteiger partial charge in [-0.2, -0.15) is 0 Å². The fraction of sp³-hybridized carbons (Fsp3) is 0.278. The molecule has 3 rings (SSSR count). The number of anilines is 1. The number of rotatable bonds is 6. The number of phenols is 1. The van der Waals surface area contributed by atoms with E-state index in [9.17, 15) is 14.7 Å². The molecule has 6 nitrogen and oxygen atoms in total. The Morgan fingerprint density at radius 1 is 1.41 bits per heavy atom. The predicted octanol–water partition coefficient (Wildman–Crippen LogP) is 4.34. The van der Waals surface area contributed by atoms with Crippen LogP contribution in [0.5, 0.6) is 5.75 Å². The number of nitrogens with zero attached hydrogens (tertiary/aromatic N) is 1. The van der Waals surface area contributed by atoms with Gasteiger partial charge in [0.05, 0.1) is 22.6 Å². The molecule has 3 aromatic rings. The van der Waals surface area contributed by atoms with Crippen molar-refractivity contribution >= 4 is 56.5 Å². The van der Waals surface area contributed by atoms with Crippen molar-refractivity contribution < 1.29 is 9.90 Å². The summed E-state index contributed by atoms with van der Waals surface area (Å²) in [5.41, 5.74) is 0.105. The number of thiophene rings is 1. The Hall–Kier alpha value is -2.03. The lowest BCUT2D eigenvalue weighted by atomic mass is 10.2. The summed E-state index contributed by atoms with van der Waals surface area (Å²) in [7, 11) is 0. The van der Waals surface area contributed by atoms with Gasteiger partial charge in [0, 0.05) is 9.90 Å². The predicted molar refractivity (Wildman–Crippen MR) is 112 cm³/mol. The number of aromatic amines is 1. The number of fused-ring (bicyclic) bond motifs is 1. The summed E-state index contributed by atoms with van der Waals surface area (Å²) in [5, 5.41) is 13.4. The molecule has 9 heteroatoms. The third-order valence-electron chi connectivity index (χ3n) is 3.74. The lowest BCUT2D eigenvalue weighted by Gasteiger charge is -2.07. The van der Waals surface area contributed by atoms with Gasteiger partial charge in [-0.25, -0.2) is 4.98 Å². The van der Waals surface area contributed by atoms with Gasteiger partial charge >= 0.3 is 0 Å². The maximum Gasteiger partial charge on any atom is 0.259 e. The molecule has 27 heavy (non-hydrogen) atoms. The SMILES string of the molecule is CC(C)c1cc2c(=O)[nH]c(CSCC(=O)Nc3cc(Cl)ccc3O)nc2s1. The van der Waals surface area contributed by atoms with E-state index in [-0.39, 0.29) is 28.7 Å². The van der Waals surface area contributed by atoms with Crippen LogP contribution in [0.15, 0.2) is 29.1 Å². The highest BCUT2D eigenvalue weighted by Crippen LogP contribution is 2.28. The number of aromatic hydroxyl groups is 1. The summed E-state index contributed by atoms with van der Waals surface area (Å²) >= 11 is 8.70. The number of benzene rings is 1. The number of halogens is 1. The molecule has 0 bridgehead atoms. The zero-order chi connectivity index (χ0) is 19.6. The van der Waals surface area contributed by atoms with Gasteiger partial charge < -0.3 is 15.4 Å². The standard InChI is InChI=1S/C18H18ClN3O3S2/c1-9(2)14-6-11-17(25)21-15(22-18(11)27-14)7-26-8-16(24)20-12-5-10(19)3-4-13(12)23/h3-6,9,23H,7-8H2,1-2H3,(H,20,24)(H,21,22,25). The van der Waals surface area contributed by atoms with E-state index in [0.29, 0.717) is 32.7 Å². The topological polar surface area (TPSA) is 95.1 Å². The van der Waals surface area contributed by atoms with Gasteiger partial charge in [0.25, 0.3) is 5.56 Å². The molecular weight excluding hydrogens is 406 g/mol. The van der Waals surface area contributed by atoms with Crippen molar-refractivity contribution in [3.05, 3.63) is 50.3 Å². The van der Waals surface area contributed by atoms with Gasteiger partial charge in [-0.1, -0.05) is 25.4 Å². The smallest absolute Gasteiger partial charge is 0.259 e. The molecule has 0 aliphatic rings. The fourth-order valence-corrected chi connectivity index (χ4v) is 4.30. The van der Waals surface area contributed by atoms with Crippen LogP contribution in [-0.2, 0) is 10.5 Å². The number of carbonyl (C=O) groups excluding carboxylic acids is 1. The highest BCUT2D eigenvalue weighted by Gasteiger charge is 2.12. The van der Waals surface area contributed by atoms with Gasteiger partial charge in [0.15, 0.2) is 0 Å². The van der Waals surface area contributed by atoms with Crippen LogP contribution < -0.4 is 10.9 Å². The molecule has 0 aliphatic carbocycles. The van der Waals surface area contributed by atoms with E-state index in [0.717, 1.165) is 4.88 Å². The van der Waals surface area contributed by atoms with Crippen LogP contribution >= 0.6 is 34.7 Å². The number of phenolic OH excluding ortho intramolecular Hbond substituents is 1.